The monoisotopic (exact) mass is 148 g/mol. The predicted octanol–water partition coefficient (Wildman–Crippen LogP) is 1.04. The van der Waals surface area contributed by atoms with Gasteiger partial charge in [-0.05, 0) is 6.07 Å². The van der Waals surface area contributed by atoms with Crippen LogP contribution in [0.2, 0.25) is 0 Å². The van der Waals surface area contributed by atoms with Gasteiger partial charge < -0.3 is 10.9 Å². The molecule has 56 valence electrons. The molecule has 0 atom stereocenters. The summed E-state index contributed by atoms with van der Waals surface area (Å²) in [6.07, 6.45) is 2.24. The first-order chi connectivity index (χ1) is 5.29. The summed E-state index contributed by atoms with van der Waals surface area (Å²) in [5, 5.41) is 11.0. The van der Waals surface area contributed by atoms with E-state index in [4.69, 9.17) is 5.73 Å². The highest BCUT2D eigenvalue weighted by Gasteiger charge is 2.18. The second-order valence-corrected chi connectivity index (χ2v) is 2.56. The first-order valence-electron chi connectivity index (χ1n) is 3.46. The van der Waals surface area contributed by atoms with E-state index in [-0.39, 0.29) is 0 Å². The Hall–Kier alpha value is -1.51. The topological polar surface area (TPSA) is 52.1 Å². The molecule has 0 radical (unpaired) electrons. The van der Waals surface area contributed by atoms with Crippen molar-refractivity contribution in [3.8, 4) is 0 Å². The van der Waals surface area contributed by atoms with Crippen LogP contribution in [0.3, 0.4) is 0 Å². The maximum absolute atomic E-state index is 11.0. The Bertz CT molecular complexity index is 331. The fourth-order valence-corrected chi connectivity index (χ4v) is 1.29. The van der Waals surface area contributed by atoms with Crippen molar-refractivity contribution in [1.82, 2.24) is 0 Å². The van der Waals surface area contributed by atoms with Gasteiger partial charge in [-0.1, -0.05) is 6.07 Å². The molecule has 2 N–H and O–H groups in total. The molecule has 0 unspecified atom stereocenters. The molecule has 1 aliphatic rings. The zero-order chi connectivity index (χ0) is 7.84. The third-order valence-corrected chi connectivity index (χ3v) is 1.89. The molecule has 3 nitrogen and oxygen atoms in total. The summed E-state index contributed by atoms with van der Waals surface area (Å²) < 4.78 is 0.867. The third-order valence-electron chi connectivity index (χ3n) is 1.89. The minimum atomic E-state index is 0.658. The lowest BCUT2D eigenvalue weighted by Gasteiger charge is -2.00. The van der Waals surface area contributed by atoms with Gasteiger partial charge >= 0.3 is 0 Å². The molecule has 1 aromatic rings. The lowest BCUT2D eigenvalue weighted by Crippen LogP contribution is -1.92. The van der Waals surface area contributed by atoms with Crippen molar-refractivity contribution in [3.63, 3.8) is 0 Å². The van der Waals surface area contributed by atoms with Gasteiger partial charge in [-0.25, -0.2) is 0 Å². The molecule has 1 aromatic carbocycles. The zero-order valence-electron chi connectivity index (χ0n) is 5.95. The number of nitrogens with two attached hydrogens (primary N) is 1. The van der Waals surface area contributed by atoms with E-state index in [0.29, 0.717) is 17.8 Å². The van der Waals surface area contributed by atoms with E-state index in [2.05, 4.69) is 0 Å². The zero-order valence-corrected chi connectivity index (χ0v) is 5.95. The molecule has 0 saturated heterocycles. The van der Waals surface area contributed by atoms with Gasteiger partial charge in [0, 0.05) is 11.8 Å². The molecular formula is C8H8N2O. The van der Waals surface area contributed by atoms with Gasteiger partial charge in [0.15, 0.2) is 6.21 Å². The molecule has 0 fully saturated rings. The predicted molar refractivity (Wildman–Crippen MR) is 43.9 cm³/mol. The lowest BCUT2D eigenvalue weighted by atomic mass is 10.1. The van der Waals surface area contributed by atoms with Crippen LogP contribution in [0.15, 0.2) is 18.2 Å². The average molecular weight is 148 g/mol. The highest BCUT2D eigenvalue weighted by Crippen LogP contribution is 2.27. The molecule has 1 aliphatic heterocycles. The Labute approximate surface area is 64.3 Å². The maximum Gasteiger partial charge on any atom is 0.222 e. The van der Waals surface area contributed by atoms with Crippen LogP contribution in [0.5, 0.6) is 0 Å². The van der Waals surface area contributed by atoms with Gasteiger partial charge in [-0.15, -0.1) is 0 Å². The normalized spacial score (nSPS) is 14.4. The quantitative estimate of drug-likeness (QED) is 0.339. The standard InChI is InChI=1S/C8H8N2O/c9-7-2-1-3-8-6(7)4-5-10(8)11/h1-3,5H,4,9H2. The van der Waals surface area contributed by atoms with E-state index < -0.39 is 0 Å². The van der Waals surface area contributed by atoms with Crippen molar-refractivity contribution in [2.45, 2.75) is 6.42 Å². The summed E-state index contributed by atoms with van der Waals surface area (Å²) in [6.45, 7) is 0. The van der Waals surface area contributed by atoms with Crippen LogP contribution in [0.25, 0.3) is 0 Å². The number of fused-ring (bicyclic) bond motifs is 1. The summed E-state index contributed by atoms with van der Waals surface area (Å²) in [7, 11) is 0. The fourth-order valence-electron chi connectivity index (χ4n) is 1.29. The van der Waals surface area contributed by atoms with E-state index in [9.17, 15) is 5.21 Å². The molecule has 0 saturated carbocycles. The van der Waals surface area contributed by atoms with Gasteiger partial charge in [0.05, 0.1) is 12.0 Å². The molecule has 0 bridgehead atoms. The third kappa shape index (κ3) is 0.774. The summed E-state index contributed by atoms with van der Waals surface area (Å²) in [6, 6.07) is 5.38. The van der Waals surface area contributed by atoms with Crippen molar-refractivity contribution in [3.05, 3.63) is 29.0 Å². The van der Waals surface area contributed by atoms with Gasteiger partial charge in [-0.3, -0.25) is 0 Å². The Morgan fingerprint density at radius 1 is 1.45 bits per heavy atom. The largest absolute Gasteiger partial charge is 0.618 e. The van der Waals surface area contributed by atoms with Crippen LogP contribution in [0.1, 0.15) is 5.56 Å². The second-order valence-electron chi connectivity index (χ2n) is 2.56. The first-order valence-corrected chi connectivity index (χ1v) is 3.46. The first kappa shape index (κ1) is 6.22. The van der Waals surface area contributed by atoms with Crippen LogP contribution < -0.4 is 5.73 Å². The van der Waals surface area contributed by atoms with Gasteiger partial charge in [0.1, 0.15) is 0 Å². The van der Waals surface area contributed by atoms with E-state index >= 15 is 0 Å². The number of anilines is 1. The Morgan fingerprint density at radius 2 is 2.27 bits per heavy atom. The highest BCUT2D eigenvalue weighted by atomic mass is 16.5. The molecule has 2 rings (SSSR count). The van der Waals surface area contributed by atoms with Crippen molar-refractivity contribution < 1.29 is 4.74 Å². The van der Waals surface area contributed by atoms with E-state index in [1.165, 1.54) is 0 Å². The van der Waals surface area contributed by atoms with Crippen LogP contribution in [0, 0.1) is 5.21 Å². The SMILES string of the molecule is Nc1cccc2c1CC=[N+]2[O-]. The van der Waals surface area contributed by atoms with Crippen LogP contribution in [0.4, 0.5) is 11.4 Å². The van der Waals surface area contributed by atoms with Crippen LogP contribution in [-0.4, -0.2) is 11.0 Å². The van der Waals surface area contributed by atoms with Crippen molar-refractivity contribution >= 4 is 17.6 Å². The summed E-state index contributed by atoms with van der Waals surface area (Å²) in [4.78, 5) is 0. The average Bonchev–Trinajstić information content (AvgIpc) is 2.35. The molecule has 11 heavy (non-hydrogen) atoms. The molecule has 0 aromatic heterocycles. The van der Waals surface area contributed by atoms with Crippen molar-refractivity contribution in [1.29, 1.82) is 0 Å². The number of benzene rings is 1. The molecule has 3 heteroatoms. The fraction of sp³-hybridized carbons (Fsp3) is 0.125. The molecule has 1 heterocycles. The highest BCUT2D eigenvalue weighted by molar-refractivity contribution is 5.73. The number of rotatable bonds is 0. The minimum Gasteiger partial charge on any atom is -0.618 e. The lowest BCUT2D eigenvalue weighted by molar-refractivity contribution is -0.351. The van der Waals surface area contributed by atoms with Crippen LogP contribution in [-0.2, 0) is 6.42 Å². The smallest absolute Gasteiger partial charge is 0.222 e. The summed E-state index contributed by atoms with van der Waals surface area (Å²) in [5.41, 5.74) is 7.99. The molecule has 0 amide bonds. The molecular weight excluding hydrogens is 140 g/mol. The number of nitrogen functional groups attached to an aromatic ring is 1. The number of hydrogen-bond donors (Lipinski definition) is 1. The van der Waals surface area contributed by atoms with E-state index in [0.717, 1.165) is 10.3 Å². The number of nitrogens with zero attached hydrogens (tertiary/aromatic N) is 1. The van der Waals surface area contributed by atoms with Crippen LogP contribution >= 0.6 is 0 Å². The van der Waals surface area contributed by atoms with Crippen molar-refractivity contribution in [2.24, 2.45) is 0 Å². The second kappa shape index (κ2) is 1.99. The van der Waals surface area contributed by atoms with E-state index in [1.54, 1.807) is 18.3 Å². The Balaban J connectivity index is 2.64. The number of hydrogen-bond acceptors (Lipinski definition) is 2. The van der Waals surface area contributed by atoms with Gasteiger partial charge in [0.25, 0.3) is 0 Å². The maximum atomic E-state index is 11.0. The summed E-state index contributed by atoms with van der Waals surface area (Å²) in [5.74, 6) is 0. The molecule has 0 aliphatic carbocycles. The van der Waals surface area contributed by atoms with Gasteiger partial charge in [0.2, 0.25) is 5.69 Å². The summed E-state index contributed by atoms with van der Waals surface area (Å²) >= 11 is 0. The minimum absolute atomic E-state index is 0.658. The Kier molecular flexibility index (Phi) is 1.12. The Morgan fingerprint density at radius 3 is 3.00 bits per heavy atom. The van der Waals surface area contributed by atoms with Gasteiger partial charge in [-0.2, -0.15) is 4.74 Å². The van der Waals surface area contributed by atoms with Crippen molar-refractivity contribution in [2.75, 3.05) is 5.73 Å². The molecule has 0 spiro atoms. The van der Waals surface area contributed by atoms with E-state index in [1.807, 2.05) is 6.07 Å².